The summed E-state index contributed by atoms with van der Waals surface area (Å²) in [5.74, 6) is -2.52. The van der Waals surface area contributed by atoms with E-state index in [4.69, 9.17) is 27.2 Å². The normalized spacial score (nSPS) is 15.9. The molecule has 0 saturated carbocycles. The number of rotatable bonds is 5. The number of nitrogens with zero attached hydrogens (tertiary/aromatic N) is 2. The van der Waals surface area contributed by atoms with Crippen molar-refractivity contribution in [1.29, 1.82) is 0 Å². The number of nitrogens with one attached hydrogen (secondary N) is 1. The molecule has 0 radical (unpaired) electrons. The molecule has 9 nitrogen and oxygen atoms in total. The van der Waals surface area contributed by atoms with Gasteiger partial charge in [0.2, 0.25) is 5.91 Å². The van der Waals surface area contributed by atoms with Crippen molar-refractivity contribution in [2.75, 3.05) is 12.3 Å². The smallest absolute Gasteiger partial charge is 0.475 e. The van der Waals surface area contributed by atoms with Crippen molar-refractivity contribution in [2.24, 2.45) is 0 Å². The molecule has 15 heteroatoms. The topological polar surface area (TPSA) is 143 Å². The summed E-state index contributed by atoms with van der Waals surface area (Å²) >= 11 is 7.14. The fourth-order valence-corrected chi connectivity index (χ4v) is 6.85. The molecule has 4 aromatic rings. The first-order valence-electron chi connectivity index (χ1n) is 11.2. The first-order valence-corrected chi connectivity index (χ1v) is 13.9. The molecule has 0 aliphatic carbocycles. The predicted molar refractivity (Wildman–Crippen MR) is 141 cm³/mol. The van der Waals surface area contributed by atoms with Crippen LogP contribution in [0.15, 0.2) is 58.9 Å². The van der Waals surface area contributed by atoms with Crippen LogP contribution in [0.25, 0.3) is 20.9 Å². The number of alkyl halides is 3. The van der Waals surface area contributed by atoms with E-state index in [0.29, 0.717) is 30.4 Å². The van der Waals surface area contributed by atoms with Gasteiger partial charge >= 0.3 is 12.1 Å². The van der Waals surface area contributed by atoms with Gasteiger partial charge in [0, 0.05) is 34.4 Å². The molecule has 1 aliphatic heterocycles. The molecule has 0 unspecified atom stereocenters. The first-order chi connectivity index (χ1) is 18.2. The second-order valence-electron chi connectivity index (χ2n) is 8.52. The van der Waals surface area contributed by atoms with Gasteiger partial charge in [0.15, 0.2) is 0 Å². The largest absolute Gasteiger partial charge is 0.490 e. The number of carbonyl (C=O) groups is 2. The number of likely N-dealkylation sites (tertiary alicyclic amines) is 1. The zero-order chi connectivity index (χ0) is 28.5. The molecule has 39 heavy (non-hydrogen) atoms. The molecule has 1 fully saturated rings. The Balaban J connectivity index is 0.000000448. The van der Waals surface area contributed by atoms with E-state index in [9.17, 15) is 26.4 Å². The Bertz CT molecular complexity index is 1680. The highest BCUT2D eigenvalue weighted by molar-refractivity contribution is 7.91. The number of halogens is 4. The third-order valence-corrected chi connectivity index (χ3v) is 9.07. The van der Waals surface area contributed by atoms with E-state index in [2.05, 4.69) is 9.71 Å². The molecule has 2 aromatic heterocycles. The van der Waals surface area contributed by atoms with Crippen molar-refractivity contribution < 1.29 is 36.3 Å². The monoisotopic (exact) mass is 600 g/mol. The number of pyridine rings is 1. The lowest BCUT2D eigenvalue weighted by molar-refractivity contribution is -0.192. The van der Waals surface area contributed by atoms with Crippen LogP contribution < -0.4 is 10.5 Å². The average molecular weight is 601 g/mol. The lowest BCUT2D eigenvalue weighted by Gasteiger charge is -2.17. The molecule has 0 spiro atoms. The van der Waals surface area contributed by atoms with E-state index in [1.54, 1.807) is 35.4 Å². The number of hydrogen-bond donors (Lipinski definition) is 3. The Hall–Kier alpha value is -3.46. The summed E-state index contributed by atoms with van der Waals surface area (Å²) < 4.78 is 61.1. The van der Waals surface area contributed by atoms with Crippen LogP contribution in [-0.4, -0.2) is 54.0 Å². The third kappa shape index (κ3) is 6.58. The number of carboxylic acid groups (broad SMARTS) is 1. The summed E-state index contributed by atoms with van der Waals surface area (Å²) in [6, 6.07) is 13.7. The maximum atomic E-state index is 12.9. The molecule has 0 bridgehead atoms. The van der Waals surface area contributed by atoms with Gasteiger partial charge in [0.05, 0.1) is 0 Å². The number of carboxylic acids is 1. The number of amides is 1. The number of fused-ring (bicyclic) bond motifs is 2. The number of nitrogen functional groups attached to an aromatic ring is 1. The van der Waals surface area contributed by atoms with Gasteiger partial charge in [-0.05, 0) is 53.1 Å². The molecular formula is C24H20ClF3N4O5S2. The second kappa shape index (κ2) is 11.0. The van der Waals surface area contributed by atoms with Gasteiger partial charge in [-0.2, -0.15) is 17.9 Å². The summed E-state index contributed by atoms with van der Waals surface area (Å²) in [6.07, 6.45) is -3.02. The summed E-state index contributed by atoms with van der Waals surface area (Å²) in [5, 5.41) is 10.3. The first kappa shape index (κ1) is 28.5. The van der Waals surface area contributed by atoms with Gasteiger partial charge in [-0.1, -0.05) is 29.8 Å². The van der Waals surface area contributed by atoms with E-state index in [-0.39, 0.29) is 10.1 Å². The SMILES string of the molecule is Nc1nccc2cc(CN3CC[C@H](NS(=O)(=O)c4cc5ccc(Cl)cc5s4)C3=O)ccc12.O=C(O)C(F)(F)F. The number of nitrogens with two attached hydrogens (primary N) is 1. The number of aliphatic carboxylic acids is 1. The van der Waals surface area contributed by atoms with Crippen LogP contribution in [-0.2, 0) is 26.2 Å². The van der Waals surface area contributed by atoms with E-state index in [0.717, 1.165) is 37.8 Å². The molecule has 1 saturated heterocycles. The van der Waals surface area contributed by atoms with Crippen LogP contribution in [0.5, 0.6) is 0 Å². The molecule has 2 aromatic carbocycles. The van der Waals surface area contributed by atoms with Crippen LogP contribution in [0.1, 0.15) is 12.0 Å². The van der Waals surface area contributed by atoms with Crippen LogP contribution in [0, 0.1) is 0 Å². The highest BCUT2D eigenvalue weighted by Gasteiger charge is 2.38. The van der Waals surface area contributed by atoms with Gasteiger partial charge in [-0.3, -0.25) is 4.79 Å². The number of anilines is 1. The van der Waals surface area contributed by atoms with Gasteiger partial charge in [0.1, 0.15) is 16.1 Å². The fraction of sp³-hybridized carbons (Fsp3) is 0.208. The molecule has 4 N–H and O–H groups in total. The molecule has 3 heterocycles. The van der Waals surface area contributed by atoms with Crippen molar-refractivity contribution in [3.8, 4) is 0 Å². The van der Waals surface area contributed by atoms with Gasteiger partial charge in [-0.15, -0.1) is 11.3 Å². The Kier molecular flexibility index (Phi) is 8.02. The van der Waals surface area contributed by atoms with Gasteiger partial charge in [-0.25, -0.2) is 18.2 Å². The van der Waals surface area contributed by atoms with E-state index in [1.165, 1.54) is 0 Å². The van der Waals surface area contributed by atoms with E-state index < -0.39 is 28.2 Å². The minimum atomic E-state index is -5.08. The minimum absolute atomic E-state index is 0.168. The Labute approximate surface area is 229 Å². The van der Waals surface area contributed by atoms with Gasteiger partial charge < -0.3 is 15.7 Å². The summed E-state index contributed by atoms with van der Waals surface area (Å²) in [4.78, 5) is 27.6. The van der Waals surface area contributed by atoms with E-state index in [1.807, 2.05) is 24.3 Å². The maximum absolute atomic E-state index is 12.9. The molecular weight excluding hydrogens is 581 g/mol. The quantitative estimate of drug-likeness (QED) is 0.308. The average Bonchev–Trinajstić information content (AvgIpc) is 3.43. The van der Waals surface area contributed by atoms with Crippen molar-refractivity contribution in [2.45, 2.75) is 29.4 Å². The molecule has 5 rings (SSSR count). The number of carbonyl (C=O) groups excluding carboxylic acids is 1. The molecule has 1 amide bonds. The van der Waals surface area contributed by atoms with Crippen molar-refractivity contribution >= 4 is 71.5 Å². The van der Waals surface area contributed by atoms with Crippen molar-refractivity contribution in [1.82, 2.24) is 14.6 Å². The maximum Gasteiger partial charge on any atom is 0.490 e. The standard InChI is InChI=1S/C22H19ClN4O3S2.C2HF3O2/c23-16-3-2-15-10-20(31-19(15)11-16)32(29,30)26-18-6-8-27(22(18)28)12-13-1-4-17-14(9-13)5-7-25-21(17)24;3-2(4,5)1(6)7/h1-5,7,9-11,18,26H,6,8,12H2,(H2,24,25);(H,6,7)/t18-;/m0./s1. The number of benzene rings is 2. The summed E-state index contributed by atoms with van der Waals surface area (Å²) in [6.45, 7) is 0.876. The van der Waals surface area contributed by atoms with E-state index >= 15 is 0 Å². The fourth-order valence-electron chi connectivity index (χ4n) is 3.93. The van der Waals surface area contributed by atoms with Crippen molar-refractivity contribution in [3.63, 3.8) is 0 Å². The lowest BCUT2D eigenvalue weighted by Crippen LogP contribution is -2.41. The van der Waals surface area contributed by atoms with Crippen LogP contribution >= 0.6 is 22.9 Å². The Morgan fingerprint density at radius 1 is 1.18 bits per heavy atom. The predicted octanol–water partition coefficient (Wildman–Crippen LogP) is 4.40. The zero-order valence-corrected chi connectivity index (χ0v) is 22.2. The number of thiophene rings is 1. The molecule has 1 atom stereocenters. The Morgan fingerprint density at radius 2 is 1.90 bits per heavy atom. The lowest BCUT2D eigenvalue weighted by atomic mass is 10.1. The van der Waals surface area contributed by atoms with Crippen LogP contribution in [0.2, 0.25) is 5.02 Å². The third-order valence-electron chi connectivity index (χ3n) is 5.79. The number of hydrogen-bond acceptors (Lipinski definition) is 7. The number of aromatic nitrogens is 1. The highest BCUT2D eigenvalue weighted by Crippen LogP contribution is 2.31. The second-order valence-corrected chi connectivity index (χ2v) is 12.0. The summed E-state index contributed by atoms with van der Waals surface area (Å²) in [5.41, 5.74) is 6.85. The highest BCUT2D eigenvalue weighted by atomic mass is 35.5. The van der Waals surface area contributed by atoms with Gasteiger partial charge in [0.25, 0.3) is 10.0 Å². The van der Waals surface area contributed by atoms with Crippen molar-refractivity contribution in [3.05, 3.63) is 65.3 Å². The van der Waals surface area contributed by atoms with Crippen LogP contribution in [0.4, 0.5) is 19.0 Å². The Morgan fingerprint density at radius 3 is 2.59 bits per heavy atom. The zero-order valence-electron chi connectivity index (χ0n) is 19.8. The van der Waals surface area contributed by atoms with Crippen LogP contribution in [0.3, 0.4) is 0 Å². The minimum Gasteiger partial charge on any atom is -0.475 e. The molecule has 206 valence electrons. The summed E-state index contributed by atoms with van der Waals surface area (Å²) in [7, 11) is -3.82. The number of sulfonamides is 1. The molecule has 1 aliphatic rings.